The Morgan fingerprint density at radius 1 is 1.13 bits per heavy atom. The summed E-state index contributed by atoms with van der Waals surface area (Å²) in [6, 6.07) is 7.65. The third-order valence-electron chi connectivity index (χ3n) is 2.88. The highest BCUT2D eigenvalue weighted by atomic mass is 32.2. The monoisotopic (exact) mass is 338 g/mol. The Labute approximate surface area is 130 Å². The van der Waals surface area contributed by atoms with Crippen LogP contribution in [-0.4, -0.2) is 25.4 Å². The van der Waals surface area contributed by atoms with Crippen molar-refractivity contribution < 1.29 is 27.5 Å². The average molecular weight is 338 g/mol. The first-order valence-corrected chi connectivity index (χ1v) is 7.64. The maximum Gasteiger partial charge on any atom is 0.335 e. The number of benzene rings is 2. The summed E-state index contributed by atoms with van der Waals surface area (Å²) in [6.45, 7) is 0. The number of primary amides is 1. The Morgan fingerprint density at radius 2 is 1.83 bits per heavy atom. The molecule has 0 heterocycles. The van der Waals surface area contributed by atoms with Gasteiger partial charge in [0.15, 0.2) is 0 Å². The zero-order valence-corrected chi connectivity index (χ0v) is 12.3. The van der Waals surface area contributed by atoms with E-state index in [0.717, 1.165) is 24.3 Å². The van der Waals surface area contributed by atoms with Crippen LogP contribution in [0, 0.1) is 5.82 Å². The van der Waals surface area contributed by atoms with E-state index in [2.05, 4.69) is 4.72 Å². The fourth-order valence-electron chi connectivity index (χ4n) is 1.79. The zero-order chi connectivity index (χ0) is 17.2. The number of carbonyl (C=O) groups is 2. The summed E-state index contributed by atoms with van der Waals surface area (Å²) in [7, 11) is -4.11. The molecule has 4 N–H and O–H groups in total. The molecule has 0 fully saturated rings. The number of nitrogens with one attached hydrogen (secondary N) is 1. The Kier molecular flexibility index (Phi) is 4.32. The van der Waals surface area contributed by atoms with E-state index in [-0.39, 0.29) is 16.1 Å². The van der Waals surface area contributed by atoms with Gasteiger partial charge in [0.2, 0.25) is 0 Å². The van der Waals surface area contributed by atoms with Gasteiger partial charge >= 0.3 is 5.97 Å². The lowest BCUT2D eigenvalue weighted by molar-refractivity contribution is 0.0696. The van der Waals surface area contributed by atoms with E-state index in [1.807, 2.05) is 0 Å². The predicted octanol–water partition coefficient (Wildman–Crippen LogP) is 1.42. The summed E-state index contributed by atoms with van der Waals surface area (Å²) in [5.74, 6) is -3.20. The van der Waals surface area contributed by atoms with E-state index < -0.39 is 33.3 Å². The van der Waals surface area contributed by atoms with E-state index in [0.29, 0.717) is 0 Å². The minimum Gasteiger partial charge on any atom is -0.478 e. The normalized spacial score (nSPS) is 11.0. The second-order valence-electron chi connectivity index (χ2n) is 4.50. The molecule has 2 aromatic carbocycles. The molecule has 0 atom stereocenters. The van der Waals surface area contributed by atoms with E-state index in [1.54, 1.807) is 0 Å². The molecular weight excluding hydrogens is 327 g/mol. The van der Waals surface area contributed by atoms with Crippen LogP contribution < -0.4 is 10.5 Å². The predicted molar refractivity (Wildman–Crippen MR) is 79.1 cm³/mol. The molecule has 1 amide bonds. The van der Waals surface area contributed by atoms with Gasteiger partial charge in [-0.2, -0.15) is 0 Å². The lowest BCUT2D eigenvalue weighted by Crippen LogP contribution is -2.16. The molecule has 23 heavy (non-hydrogen) atoms. The Morgan fingerprint density at radius 3 is 2.43 bits per heavy atom. The molecule has 0 saturated heterocycles. The molecule has 0 radical (unpaired) electrons. The smallest absolute Gasteiger partial charge is 0.335 e. The number of anilines is 1. The Balaban J connectivity index is 2.39. The molecule has 120 valence electrons. The van der Waals surface area contributed by atoms with Gasteiger partial charge in [0, 0.05) is 5.69 Å². The molecule has 9 heteroatoms. The third kappa shape index (κ3) is 3.64. The van der Waals surface area contributed by atoms with Gasteiger partial charge in [0.25, 0.3) is 15.9 Å². The molecule has 0 unspecified atom stereocenters. The number of hydrogen-bond donors (Lipinski definition) is 3. The summed E-state index contributed by atoms with van der Waals surface area (Å²) in [5.41, 5.74) is 4.24. The molecule has 7 nitrogen and oxygen atoms in total. The number of carboxylic acids is 1. The van der Waals surface area contributed by atoms with Crippen LogP contribution in [0.2, 0.25) is 0 Å². The lowest BCUT2D eigenvalue weighted by atomic mass is 10.2. The lowest BCUT2D eigenvalue weighted by Gasteiger charge is -2.10. The first-order chi connectivity index (χ1) is 10.7. The molecule has 0 aliphatic heterocycles. The van der Waals surface area contributed by atoms with E-state index >= 15 is 0 Å². The minimum absolute atomic E-state index is 0.0825. The van der Waals surface area contributed by atoms with Crippen molar-refractivity contribution in [3.8, 4) is 0 Å². The highest BCUT2D eigenvalue weighted by Gasteiger charge is 2.18. The molecule has 0 bridgehead atoms. The fraction of sp³-hybridized carbons (Fsp3) is 0. The fourth-order valence-corrected chi connectivity index (χ4v) is 2.88. The molecule has 0 aliphatic carbocycles. The van der Waals surface area contributed by atoms with Crippen LogP contribution >= 0.6 is 0 Å². The van der Waals surface area contributed by atoms with Gasteiger partial charge in [0.1, 0.15) is 5.82 Å². The summed E-state index contributed by atoms with van der Waals surface area (Å²) in [6.07, 6.45) is 0. The van der Waals surface area contributed by atoms with Crippen molar-refractivity contribution in [1.82, 2.24) is 0 Å². The number of rotatable bonds is 5. The van der Waals surface area contributed by atoms with Gasteiger partial charge in [-0.25, -0.2) is 17.6 Å². The number of carboxylic acid groups (broad SMARTS) is 1. The van der Waals surface area contributed by atoms with Crippen molar-refractivity contribution in [2.75, 3.05) is 4.72 Å². The maximum absolute atomic E-state index is 13.4. The number of aromatic carboxylic acids is 1. The second-order valence-corrected chi connectivity index (χ2v) is 6.18. The Bertz CT molecular complexity index is 896. The van der Waals surface area contributed by atoms with Crippen LogP contribution in [-0.2, 0) is 10.0 Å². The van der Waals surface area contributed by atoms with Crippen LogP contribution in [0.25, 0.3) is 0 Å². The maximum atomic E-state index is 13.4. The number of sulfonamides is 1. The number of amides is 1. The van der Waals surface area contributed by atoms with Crippen molar-refractivity contribution in [3.63, 3.8) is 0 Å². The summed E-state index contributed by atoms with van der Waals surface area (Å²) in [5, 5.41) is 8.88. The molecule has 0 aromatic heterocycles. The van der Waals surface area contributed by atoms with Gasteiger partial charge in [-0.1, -0.05) is 6.07 Å². The SMILES string of the molecule is NC(=O)c1cc(NS(=O)(=O)c2cccc(C(=O)O)c2)ccc1F. The number of hydrogen-bond acceptors (Lipinski definition) is 4. The van der Waals surface area contributed by atoms with Crippen molar-refractivity contribution >= 4 is 27.6 Å². The van der Waals surface area contributed by atoms with Crippen LogP contribution in [0.15, 0.2) is 47.4 Å². The molecule has 0 aliphatic rings. The highest BCUT2D eigenvalue weighted by Crippen LogP contribution is 2.19. The molecule has 2 aromatic rings. The van der Waals surface area contributed by atoms with Gasteiger partial charge in [-0.3, -0.25) is 9.52 Å². The molecule has 2 rings (SSSR count). The van der Waals surface area contributed by atoms with Gasteiger partial charge < -0.3 is 10.8 Å². The largest absolute Gasteiger partial charge is 0.478 e. The first-order valence-electron chi connectivity index (χ1n) is 6.16. The topological polar surface area (TPSA) is 127 Å². The van der Waals surface area contributed by atoms with Crippen LogP contribution in [0.4, 0.5) is 10.1 Å². The van der Waals surface area contributed by atoms with Crippen LogP contribution in [0.1, 0.15) is 20.7 Å². The molecule has 0 saturated carbocycles. The zero-order valence-electron chi connectivity index (χ0n) is 11.5. The van der Waals surface area contributed by atoms with E-state index in [4.69, 9.17) is 10.8 Å². The van der Waals surface area contributed by atoms with Crippen molar-refractivity contribution in [3.05, 3.63) is 59.4 Å². The van der Waals surface area contributed by atoms with E-state index in [1.165, 1.54) is 18.2 Å². The standard InChI is InChI=1S/C14H11FN2O5S/c15-12-5-4-9(7-11(12)13(16)18)17-23(21,22)10-3-1-2-8(6-10)14(19)20/h1-7,17H,(H2,16,18)(H,19,20). The Hall–Kier alpha value is -2.94. The molecular formula is C14H11FN2O5S. The van der Waals surface area contributed by atoms with E-state index in [9.17, 15) is 22.4 Å². The average Bonchev–Trinajstić information content (AvgIpc) is 2.49. The third-order valence-corrected chi connectivity index (χ3v) is 4.25. The van der Waals surface area contributed by atoms with Crippen LogP contribution in [0.3, 0.4) is 0 Å². The minimum atomic E-state index is -4.11. The van der Waals surface area contributed by atoms with Crippen molar-refractivity contribution in [2.24, 2.45) is 5.73 Å². The number of carbonyl (C=O) groups excluding carboxylic acids is 1. The number of nitrogens with two attached hydrogens (primary N) is 1. The second kappa shape index (κ2) is 6.05. The van der Waals surface area contributed by atoms with Gasteiger partial charge in [-0.15, -0.1) is 0 Å². The van der Waals surface area contributed by atoms with Gasteiger partial charge in [-0.05, 0) is 36.4 Å². The number of halogens is 1. The van der Waals surface area contributed by atoms with Crippen LogP contribution in [0.5, 0.6) is 0 Å². The summed E-state index contributed by atoms with van der Waals surface area (Å²) in [4.78, 5) is 21.7. The molecule has 0 spiro atoms. The summed E-state index contributed by atoms with van der Waals surface area (Å²) < 4.78 is 40.0. The highest BCUT2D eigenvalue weighted by molar-refractivity contribution is 7.92. The first kappa shape index (κ1) is 16.4. The van der Waals surface area contributed by atoms with Crippen molar-refractivity contribution in [2.45, 2.75) is 4.90 Å². The van der Waals surface area contributed by atoms with Crippen molar-refractivity contribution in [1.29, 1.82) is 0 Å². The summed E-state index contributed by atoms with van der Waals surface area (Å²) >= 11 is 0. The quantitative estimate of drug-likeness (QED) is 0.760. The van der Waals surface area contributed by atoms with Gasteiger partial charge in [0.05, 0.1) is 16.0 Å².